The fourth-order valence-electron chi connectivity index (χ4n) is 2.63. The Morgan fingerprint density at radius 1 is 1.25 bits per heavy atom. The standard InChI is InChI=1S/C15H19NO4/c17-9-7-14(18)16-8-1-2-13(10-16)11-3-5-12(6-4-11)15(19)20/h3-6,13,17H,1-2,7-10H2,(H,19,20)/t13-/m1/s1. The second kappa shape index (κ2) is 6.52. The van der Waals surface area contributed by atoms with Crippen LogP contribution in [0.3, 0.4) is 0 Å². The smallest absolute Gasteiger partial charge is 0.335 e. The van der Waals surface area contributed by atoms with Crippen LogP contribution in [0.2, 0.25) is 0 Å². The number of aromatic carboxylic acids is 1. The summed E-state index contributed by atoms with van der Waals surface area (Å²) in [4.78, 5) is 24.4. The predicted octanol–water partition coefficient (Wildman–Crippen LogP) is 1.47. The average Bonchev–Trinajstić information content (AvgIpc) is 2.48. The Morgan fingerprint density at radius 2 is 1.95 bits per heavy atom. The Kier molecular flexibility index (Phi) is 4.74. The fraction of sp³-hybridized carbons (Fsp3) is 0.467. The Bertz CT molecular complexity index is 483. The Hall–Kier alpha value is -1.88. The molecule has 0 aliphatic carbocycles. The number of aliphatic hydroxyl groups is 1. The molecule has 5 nitrogen and oxygen atoms in total. The number of carbonyl (C=O) groups excluding carboxylic acids is 1. The minimum atomic E-state index is -0.931. The third-order valence-electron chi connectivity index (χ3n) is 3.73. The summed E-state index contributed by atoms with van der Waals surface area (Å²) < 4.78 is 0. The largest absolute Gasteiger partial charge is 0.478 e. The molecule has 0 bridgehead atoms. The van der Waals surface area contributed by atoms with E-state index in [1.165, 1.54) is 0 Å². The Balaban J connectivity index is 2.04. The van der Waals surface area contributed by atoms with E-state index in [4.69, 9.17) is 10.2 Å². The van der Waals surface area contributed by atoms with E-state index in [1.807, 2.05) is 12.1 Å². The van der Waals surface area contributed by atoms with Crippen molar-refractivity contribution in [3.05, 3.63) is 35.4 Å². The number of piperidine rings is 1. The van der Waals surface area contributed by atoms with Crippen LogP contribution in [0.4, 0.5) is 0 Å². The molecular formula is C15H19NO4. The van der Waals surface area contributed by atoms with Crippen molar-refractivity contribution in [1.82, 2.24) is 4.90 Å². The highest BCUT2D eigenvalue weighted by Crippen LogP contribution is 2.27. The van der Waals surface area contributed by atoms with Crippen molar-refractivity contribution in [2.45, 2.75) is 25.2 Å². The van der Waals surface area contributed by atoms with E-state index >= 15 is 0 Å². The van der Waals surface area contributed by atoms with Gasteiger partial charge in [0.2, 0.25) is 5.91 Å². The summed E-state index contributed by atoms with van der Waals surface area (Å²) in [5.74, 6) is -0.700. The number of hydrogen-bond acceptors (Lipinski definition) is 3. The summed E-state index contributed by atoms with van der Waals surface area (Å²) in [5.41, 5.74) is 1.34. The molecule has 0 saturated carbocycles. The minimum absolute atomic E-state index is 0.0145. The van der Waals surface area contributed by atoms with E-state index in [-0.39, 0.29) is 30.4 Å². The second-order valence-electron chi connectivity index (χ2n) is 5.08. The first-order chi connectivity index (χ1) is 9.61. The van der Waals surface area contributed by atoms with E-state index in [1.54, 1.807) is 17.0 Å². The van der Waals surface area contributed by atoms with Crippen molar-refractivity contribution in [1.29, 1.82) is 0 Å². The quantitative estimate of drug-likeness (QED) is 0.873. The number of carboxylic acid groups (broad SMARTS) is 1. The number of carboxylic acids is 1. The first-order valence-corrected chi connectivity index (χ1v) is 6.83. The van der Waals surface area contributed by atoms with Gasteiger partial charge in [0, 0.05) is 25.4 Å². The monoisotopic (exact) mass is 277 g/mol. The maximum Gasteiger partial charge on any atom is 0.335 e. The molecule has 1 saturated heterocycles. The van der Waals surface area contributed by atoms with Crippen LogP contribution in [0, 0.1) is 0 Å². The molecular weight excluding hydrogens is 258 g/mol. The van der Waals surface area contributed by atoms with Crippen molar-refractivity contribution in [3.63, 3.8) is 0 Å². The molecule has 5 heteroatoms. The molecule has 1 heterocycles. The van der Waals surface area contributed by atoms with E-state index in [9.17, 15) is 9.59 Å². The van der Waals surface area contributed by atoms with Gasteiger partial charge in [0.1, 0.15) is 0 Å². The number of rotatable bonds is 4. The second-order valence-corrected chi connectivity index (χ2v) is 5.08. The molecule has 1 amide bonds. The van der Waals surface area contributed by atoms with Crippen LogP contribution in [0.1, 0.15) is 41.1 Å². The summed E-state index contributed by atoms with van der Waals surface area (Å²) in [6.45, 7) is 1.26. The van der Waals surface area contributed by atoms with E-state index in [0.29, 0.717) is 6.54 Å². The van der Waals surface area contributed by atoms with Gasteiger partial charge in [-0.25, -0.2) is 4.79 Å². The van der Waals surface area contributed by atoms with Crippen molar-refractivity contribution in [2.75, 3.05) is 19.7 Å². The molecule has 1 aliphatic rings. The van der Waals surface area contributed by atoms with Crippen LogP contribution in [-0.4, -0.2) is 46.7 Å². The number of nitrogens with zero attached hydrogens (tertiary/aromatic N) is 1. The summed E-state index contributed by atoms with van der Waals surface area (Å²) >= 11 is 0. The van der Waals surface area contributed by atoms with Crippen molar-refractivity contribution >= 4 is 11.9 Å². The van der Waals surface area contributed by atoms with Gasteiger partial charge >= 0.3 is 5.97 Å². The summed E-state index contributed by atoms with van der Waals surface area (Å²) in [6.07, 6.45) is 2.10. The van der Waals surface area contributed by atoms with E-state index < -0.39 is 5.97 Å². The lowest BCUT2D eigenvalue weighted by molar-refractivity contribution is -0.133. The van der Waals surface area contributed by atoms with Gasteiger partial charge < -0.3 is 15.1 Å². The lowest BCUT2D eigenvalue weighted by Gasteiger charge is -2.33. The highest BCUT2D eigenvalue weighted by molar-refractivity contribution is 5.87. The molecule has 1 fully saturated rings. The molecule has 108 valence electrons. The van der Waals surface area contributed by atoms with Crippen LogP contribution in [0.5, 0.6) is 0 Å². The first-order valence-electron chi connectivity index (χ1n) is 6.83. The van der Waals surface area contributed by atoms with Gasteiger partial charge in [-0.2, -0.15) is 0 Å². The number of hydrogen-bond donors (Lipinski definition) is 2. The van der Waals surface area contributed by atoms with Crippen LogP contribution < -0.4 is 0 Å². The Morgan fingerprint density at radius 3 is 2.55 bits per heavy atom. The number of benzene rings is 1. The third-order valence-corrected chi connectivity index (χ3v) is 3.73. The van der Waals surface area contributed by atoms with Crippen molar-refractivity contribution in [2.24, 2.45) is 0 Å². The number of carbonyl (C=O) groups is 2. The highest BCUT2D eigenvalue weighted by Gasteiger charge is 2.24. The van der Waals surface area contributed by atoms with Crippen molar-refractivity contribution < 1.29 is 19.8 Å². The van der Waals surface area contributed by atoms with Gasteiger partial charge in [0.05, 0.1) is 12.2 Å². The van der Waals surface area contributed by atoms with Gasteiger partial charge in [-0.1, -0.05) is 12.1 Å². The van der Waals surface area contributed by atoms with Gasteiger partial charge in [-0.15, -0.1) is 0 Å². The zero-order valence-electron chi connectivity index (χ0n) is 11.3. The van der Waals surface area contributed by atoms with Gasteiger partial charge in [-0.05, 0) is 30.5 Å². The van der Waals surface area contributed by atoms with Gasteiger partial charge in [-0.3, -0.25) is 4.79 Å². The number of likely N-dealkylation sites (tertiary alicyclic amines) is 1. The minimum Gasteiger partial charge on any atom is -0.478 e. The molecule has 0 spiro atoms. The molecule has 2 rings (SSSR count). The maximum absolute atomic E-state index is 11.8. The van der Waals surface area contributed by atoms with Gasteiger partial charge in [0.25, 0.3) is 0 Å². The summed E-state index contributed by atoms with van der Waals surface area (Å²) in [7, 11) is 0. The van der Waals surface area contributed by atoms with E-state index in [0.717, 1.165) is 24.9 Å². The molecule has 0 unspecified atom stereocenters. The predicted molar refractivity (Wildman–Crippen MR) is 73.7 cm³/mol. The normalized spacial score (nSPS) is 18.9. The van der Waals surface area contributed by atoms with Crippen LogP contribution in [-0.2, 0) is 4.79 Å². The first kappa shape index (κ1) is 14.5. The number of aliphatic hydroxyl groups excluding tert-OH is 1. The molecule has 1 aromatic carbocycles. The molecule has 1 aromatic rings. The zero-order valence-corrected chi connectivity index (χ0v) is 11.3. The molecule has 20 heavy (non-hydrogen) atoms. The molecule has 1 atom stereocenters. The van der Waals surface area contributed by atoms with Crippen molar-refractivity contribution in [3.8, 4) is 0 Å². The topological polar surface area (TPSA) is 77.8 Å². The summed E-state index contributed by atoms with van der Waals surface area (Å²) in [6, 6.07) is 6.86. The maximum atomic E-state index is 11.8. The molecule has 0 radical (unpaired) electrons. The average molecular weight is 277 g/mol. The lowest BCUT2D eigenvalue weighted by atomic mass is 9.90. The zero-order chi connectivity index (χ0) is 14.5. The SMILES string of the molecule is O=C(O)c1ccc([C@@H]2CCCN(C(=O)CCO)C2)cc1. The van der Waals surface area contributed by atoms with Gasteiger partial charge in [0.15, 0.2) is 0 Å². The fourth-order valence-corrected chi connectivity index (χ4v) is 2.63. The van der Waals surface area contributed by atoms with Crippen LogP contribution >= 0.6 is 0 Å². The Labute approximate surface area is 117 Å². The van der Waals surface area contributed by atoms with E-state index in [2.05, 4.69) is 0 Å². The highest BCUT2D eigenvalue weighted by atomic mass is 16.4. The van der Waals surface area contributed by atoms with Crippen LogP contribution in [0.15, 0.2) is 24.3 Å². The number of amides is 1. The summed E-state index contributed by atoms with van der Waals surface area (Å²) in [5, 5.41) is 17.7. The molecule has 1 aliphatic heterocycles. The van der Waals surface area contributed by atoms with Crippen LogP contribution in [0.25, 0.3) is 0 Å². The lowest BCUT2D eigenvalue weighted by Crippen LogP contribution is -2.39. The molecule has 0 aromatic heterocycles. The molecule has 2 N–H and O–H groups in total. The third kappa shape index (κ3) is 3.36.